The van der Waals surface area contributed by atoms with Gasteiger partial charge in [0.1, 0.15) is 18.5 Å². The van der Waals surface area contributed by atoms with E-state index in [1.54, 1.807) is 0 Å². The molecule has 23 heavy (non-hydrogen) atoms. The van der Waals surface area contributed by atoms with Crippen LogP contribution in [0.1, 0.15) is 78.6 Å². The zero-order chi connectivity index (χ0) is 17.0. The molecule has 2 aliphatic carbocycles. The number of alkyl halides is 3. The summed E-state index contributed by atoms with van der Waals surface area (Å²) >= 11 is 0. The molecule has 2 fully saturated rings. The Kier molecular flexibility index (Phi) is 7.28. The van der Waals surface area contributed by atoms with Gasteiger partial charge in [0.15, 0.2) is 0 Å². The zero-order valence-corrected chi connectivity index (χ0v) is 15.1. The molecule has 0 nitrogen and oxygen atoms in total. The minimum Gasteiger partial charge on any atom is -0.247 e. The predicted molar refractivity (Wildman–Crippen MR) is 90.7 cm³/mol. The first-order chi connectivity index (χ1) is 10.9. The highest BCUT2D eigenvalue weighted by Crippen LogP contribution is 2.41. The minimum absolute atomic E-state index is 0.0175. The van der Waals surface area contributed by atoms with E-state index in [0.29, 0.717) is 25.2 Å². The van der Waals surface area contributed by atoms with Gasteiger partial charge in [-0.25, -0.2) is 13.2 Å². The smallest absolute Gasteiger partial charge is 0.106 e. The topological polar surface area (TPSA) is 0 Å². The summed E-state index contributed by atoms with van der Waals surface area (Å²) in [5.74, 6) is 1.28. The molecule has 0 saturated heterocycles. The van der Waals surface area contributed by atoms with E-state index in [-0.39, 0.29) is 24.2 Å². The van der Waals surface area contributed by atoms with Crippen LogP contribution in [0, 0.1) is 29.6 Å². The Labute approximate surface area is 140 Å². The highest BCUT2D eigenvalue weighted by Gasteiger charge is 2.37. The van der Waals surface area contributed by atoms with Gasteiger partial charge in [-0.05, 0) is 61.7 Å². The Hall–Kier alpha value is -0.210. The highest BCUT2D eigenvalue weighted by atomic mass is 19.1. The van der Waals surface area contributed by atoms with Crippen molar-refractivity contribution in [1.82, 2.24) is 0 Å². The first-order valence-electron chi connectivity index (χ1n) is 9.84. The molecule has 0 aromatic rings. The second-order valence-corrected chi connectivity index (χ2v) is 8.41. The molecule has 0 radical (unpaired) electrons. The van der Waals surface area contributed by atoms with Gasteiger partial charge in [0, 0.05) is 6.42 Å². The fourth-order valence-electron chi connectivity index (χ4n) is 5.04. The monoisotopic (exact) mass is 332 g/mol. The van der Waals surface area contributed by atoms with E-state index in [1.807, 2.05) is 6.92 Å². The van der Waals surface area contributed by atoms with E-state index >= 15 is 0 Å². The molecular formula is C20H35F3. The molecule has 0 aromatic carbocycles. The SMILES string of the molecule is CCC(C(F)CC(C)C1CCC(F)CC1F)C1CCC(C)CC1. The summed E-state index contributed by atoms with van der Waals surface area (Å²) in [5, 5.41) is 0. The van der Waals surface area contributed by atoms with E-state index in [9.17, 15) is 13.2 Å². The predicted octanol–water partition coefficient (Wildman–Crippen LogP) is 6.68. The summed E-state index contributed by atoms with van der Waals surface area (Å²) in [6, 6.07) is 0. The quantitative estimate of drug-likeness (QED) is 0.509. The highest BCUT2D eigenvalue weighted by molar-refractivity contribution is 4.87. The fourth-order valence-corrected chi connectivity index (χ4v) is 5.04. The maximum absolute atomic E-state index is 15.0. The average Bonchev–Trinajstić information content (AvgIpc) is 2.49. The van der Waals surface area contributed by atoms with E-state index in [1.165, 1.54) is 12.8 Å². The first kappa shape index (κ1) is 19.1. The van der Waals surface area contributed by atoms with Crippen LogP contribution in [0.25, 0.3) is 0 Å². The second kappa shape index (κ2) is 8.76. The molecule has 136 valence electrons. The largest absolute Gasteiger partial charge is 0.247 e. The number of rotatable bonds is 6. The molecule has 6 unspecified atom stereocenters. The molecule has 0 spiro atoms. The number of halogens is 3. The van der Waals surface area contributed by atoms with Gasteiger partial charge < -0.3 is 0 Å². The molecule has 3 heteroatoms. The van der Waals surface area contributed by atoms with Crippen LogP contribution in [-0.4, -0.2) is 18.5 Å². The van der Waals surface area contributed by atoms with Crippen LogP contribution >= 0.6 is 0 Å². The van der Waals surface area contributed by atoms with Crippen molar-refractivity contribution < 1.29 is 13.2 Å². The lowest BCUT2D eigenvalue weighted by molar-refractivity contribution is 0.0427. The minimum atomic E-state index is -1.09. The number of hydrogen-bond acceptors (Lipinski definition) is 0. The van der Waals surface area contributed by atoms with Crippen LogP contribution in [0.5, 0.6) is 0 Å². The van der Waals surface area contributed by atoms with Gasteiger partial charge in [0.05, 0.1) is 0 Å². The third kappa shape index (κ3) is 5.13. The first-order valence-corrected chi connectivity index (χ1v) is 9.84. The third-order valence-electron chi connectivity index (χ3n) is 6.69. The van der Waals surface area contributed by atoms with Crippen molar-refractivity contribution in [1.29, 1.82) is 0 Å². The Morgan fingerprint density at radius 1 is 1.00 bits per heavy atom. The van der Waals surface area contributed by atoms with Crippen LogP contribution < -0.4 is 0 Å². The molecule has 2 aliphatic rings. The molecule has 2 saturated carbocycles. The van der Waals surface area contributed by atoms with E-state index < -0.39 is 18.5 Å². The second-order valence-electron chi connectivity index (χ2n) is 8.41. The maximum Gasteiger partial charge on any atom is 0.106 e. The van der Waals surface area contributed by atoms with Gasteiger partial charge in [-0.3, -0.25) is 0 Å². The fraction of sp³-hybridized carbons (Fsp3) is 1.00. The normalized spacial score (nSPS) is 39.7. The van der Waals surface area contributed by atoms with Crippen molar-refractivity contribution in [3.05, 3.63) is 0 Å². The molecule has 2 rings (SSSR count). The molecule has 0 heterocycles. The van der Waals surface area contributed by atoms with E-state index in [0.717, 1.165) is 25.2 Å². The van der Waals surface area contributed by atoms with Crippen LogP contribution in [0.4, 0.5) is 13.2 Å². The van der Waals surface area contributed by atoms with Crippen molar-refractivity contribution in [3.8, 4) is 0 Å². The summed E-state index contributed by atoms with van der Waals surface area (Å²) in [5.41, 5.74) is 0. The maximum atomic E-state index is 15.0. The van der Waals surface area contributed by atoms with Gasteiger partial charge in [0.25, 0.3) is 0 Å². The molecule has 0 aromatic heterocycles. The summed E-state index contributed by atoms with van der Waals surface area (Å²) in [7, 11) is 0. The van der Waals surface area contributed by atoms with Crippen LogP contribution in [0.15, 0.2) is 0 Å². The van der Waals surface area contributed by atoms with Crippen molar-refractivity contribution >= 4 is 0 Å². The summed E-state index contributed by atoms with van der Waals surface area (Å²) in [4.78, 5) is 0. The third-order valence-corrected chi connectivity index (χ3v) is 6.69. The van der Waals surface area contributed by atoms with Crippen molar-refractivity contribution in [2.45, 2.75) is 97.1 Å². The average molecular weight is 332 g/mol. The zero-order valence-electron chi connectivity index (χ0n) is 15.1. The Morgan fingerprint density at radius 2 is 1.65 bits per heavy atom. The molecule has 0 bridgehead atoms. The number of hydrogen-bond donors (Lipinski definition) is 0. The molecule has 0 aliphatic heterocycles. The van der Waals surface area contributed by atoms with Gasteiger partial charge in [-0.2, -0.15) is 0 Å². The Balaban J connectivity index is 1.87. The standard InChI is InChI=1S/C20H35F3/c1-4-17(15-7-5-13(2)6-8-15)19(22)11-14(3)18-10-9-16(21)12-20(18)23/h13-20H,4-12H2,1-3H3. The van der Waals surface area contributed by atoms with Crippen molar-refractivity contribution in [3.63, 3.8) is 0 Å². The summed E-state index contributed by atoms with van der Waals surface area (Å²) in [6.45, 7) is 6.35. The molecular weight excluding hydrogens is 297 g/mol. The van der Waals surface area contributed by atoms with Crippen LogP contribution in [-0.2, 0) is 0 Å². The van der Waals surface area contributed by atoms with Crippen molar-refractivity contribution in [2.75, 3.05) is 0 Å². The van der Waals surface area contributed by atoms with Crippen molar-refractivity contribution in [2.24, 2.45) is 29.6 Å². The molecule has 0 N–H and O–H groups in total. The van der Waals surface area contributed by atoms with Crippen LogP contribution in [0.3, 0.4) is 0 Å². The lowest BCUT2D eigenvalue weighted by Gasteiger charge is -2.37. The van der Waals surface area contributed by atoms with E-state index in [4.69, 9.17) is 0 Å². The Bertz CT molecular complexity index is 338. The van der Waals surface area contributed by atoms with Crippen LogP contribution in [0.2, 0.25) is 0 Å². The lowest BCUT2D eigenvalue weighted by Crippen LogP contribution is -2.35. The molecule has 6 atom stereocenters. The summed E-state index contributed by atoms with van der Waals surface area (Å²) in [6.07, 6.45) is 4.19. The molecule has 0 amide bonds. The summed E-state index contributed by atoms with van der Waals surface area (Å²) < 4.78 is 42.4. The van der Waals surface area contributed by atoms with Gasteiger partial charge in [-0.1, -0.05) is 40.0 Å². The van der Waals surface area contributed by atoms with E-state index in [2.05, 4.69) is 13.8 Å². The Morgan fingerprint density at radius 3 is 2.22 bits per heavy atom. The van der Waals surface area contributed by atoms with Gasteiger partial charge in [0.2, 0.25) is 0 Å². The van der Waals surface area contributed by atoms with Gasteiger partial charge >= 0.3 is 0 Å². The van der Waals surface area contributed by atoms with Gasteiger partial charge in [-0.15, -0.1) is 0 Å². The lowest BCUT2D eigenvalue weighted by atomic mass is 9.71.